The first-order valence-corrected chi connectivity index (χ1v) is 11.5. The number of hydrogen-bond donors (Lipinski definition) is 1. The maximum absolute atomic E-state index is 12.2. The van der Waals surface area contributed by atoms with Gasteiger partial charge in [0.2, 0.25) is 27.6 Å². The van der Waals surface area contributed by atoms with E-state index in [1.165, 1.54) is 10.6 Å². The monoisotopic (exact) mass is 422 g/mol. The lowest BCUT2D eigenvalue weighted by molar-refractivity contribution is -0.122. The number of hydrogen-bond acceptors (Lipinski definition) is 7. The first-order chi connectivity index (χ1) is 13.8. The number of carbonyl (C=O) groups is 1. The van der Waals surface area contributed by atoms with Crippen molar-refractivity contribution < 1.29 is 22.5 Å². The molecule has 1 aromatic carbocycles. The van der Waals surface area contributed by atoms with Gasteiger partial charge in [-0.05, 0) is 44.0 Å². The molecule has 158 valence electrons. The van der Waals surface area contributed by atoms with Crippen molar-refractivity contribution >= 4 is 15.9 Å². The van der Waals surface area contributed by atoms with Crippen molar-refractivity contribution in [3.05, 3.63) is 30.2 Å². The molecular weight excluding hydrogens is 396 g/mol. The van der Waals surface area contributed by atoms with Crippen LogP contribution in [0, 0.1) is 0 Å². The van der Waals surface area contributed by atoms with Gasteiger partial charge in [-0.2, -0.15) is 4.98 Å². The predicted molar refractivity (Wildman–Crippen MR) is 107 cm³/mol. The number of ether oxygens (including phenoxy) is 1. The van der Waals surface area contributed by atoms with Gasteiger partial charge in [-0.15, -0.1) is 0 Å². The molecule has 0 bridgehead atoms. The zero-order valence-electron chi connectivity index (χ0n) is 16.6. The number of benzene rings is 1. The van der Waals surface area contributed by atoms with E-state index in [2.05, 4.69) is 15.5 Å². The van der Waals surface area contributed by atoms with Gasteiger partial charge in [0.1, 0.15) is 5.75 Å². The number of aromatic nitrogens is 2. The fraction of sp³-hybridized carbons (Fsp3) is 0.526. The summed E-state index contributed by atoms with van der Waals surface area (Å²) in [6.45, 7) is 3.33. The lowest BCUT2D eigenvalue weighted by Gasteiger charge is -2.31. The molecule has 2 aromatic rings. The Labute approximate surface area is 170 Å². The summed E-state index contributed by atoms with van der Waals surface area (Å²) in [6, 6.07) is 7.21. The first kappa shape index (κ1) is 21.3. The molecule has 0 radical (unpaired) electrons. The van der Waals surface area contributed by atoms with Gasteiger partial charge < -0.3 is 14.6 Å². The largest absolute Gasteiger partial charge is 0.494 e. The summed E-state index contributed by atoms with van der Waals surface area (Å²) in [4.78, 5) is 16.6. The van der Waals surface area contributed by atoms with Gasteiger partial charge in [-0.3, -0.25) is 4.79 Å². The zero-order chi connectivity index (χ0) is 20.9. The van der Waals surface area contributed by atoms with Gasteiger partial charge in [-0.25, -0.2) is 12.7 Å². The van der Waals surface area contributed by atoms with E-state index < -0.39 is 10.0 Å². The summed E-state index contributed by atoms with van der Waals surface area (Å²) in [5.74, 6) is 1.45. The predicted octanol–water partition coefficient (Wildman–Crippen LogP) is 1.61. The normalized spacial score (nSPS) is 17.8. The molecule has 0 spiro atoms. The Balaban J connectivity index is 1.49. The van der Waals surface area contributed by atoms with E-state index in [1.54, 1.807) is 0 Å². The van der Waals surface area contributed by atoms with E-state index >= 15 is 0 Å². The van der Waals surface area contributed by atoms with Crippen molar-refractivity contribution in [3.63, 3.8) is 0 Å². The van der Waals surface area contributed by atoms with Gasteiger partial charge in [0.05, 0.1) is 12.9 Å². The van der Waals surface area contributed by atoms with Crippen LogP contribution in [0.5, 0.6) is 5.75 Å². The highest BCUT2D eigenvalue weighted by Gasteiger charge is 2.26. The van der Waals surface area contributed by atoms with E-state index in [9.17, 15) is 13.2 Å². The Hall–Kier alpha value is -2.46. The second-order valence-corrected chi connectivity index (χ2v) is 8.98. The minimum atomic E-state index is -3.24. The molecule has 29 heavy (non-hydrogen) atoms. The summed E-state index contributed by atoms with van der Waals surface area (Å²) < 4.78 is 35.4. The van der Waals surface area contributed by atoms with Crippen LogP contribution in [-0.2, 0) is 21.2 Å². The molecule has 0 saturated carbocycles. The van der Waals surface area contributed by atoms with E-state index in [0.717, 1.165) is 24.2 Å². The maximum atomic E-state index is 12.2. The Bertz CT molecular complexity index is 926. The highest BCUT2D eigenvalue weighted by molar-refractivity contribution is 7.88. The van der Waals surface area contributed by atoms with Crippen LogP contribution in [0.15, 0.2) is 28.8 Å². The Morgan fingerprint density at radius 1 is 1.34 bits per heavy atom. The molecule has 1 N–H and O–H groups in total. The average Bonchev–Trinajstić information content (AvgIpc) is 3.16. The molecule has 0 aliphatic carbocycles. The number of nitrogens with one attached hydrogen (secondary N) is 1. The summed E-state index contributed by atoms with van der Waals surface area (Å²) in [7, 11) is -3.24. The van der Waals surface area contributed by atoms with Crippen LogP contribution in [0.1, 0.15) is 32.1 Å². The molecule has 1 fully saturated rings. The SMILES string of the molecule is CCOc1ccc(-c2noc(CCC(=O)NC3CCCN(S(C)(=O)=O)C3)n2)cc1. The lowest BCUT2D eigenvalue weighted by atomic mass is 10.1. The number of aryl methyl sites for hydroxylation is 1. The van der Waals surface area contributed by atoms with E-state index in [4.69, 9.17) is 9.26 Å². The fourth-order valence-electron chi connectivity index (χ4n) is 3.22. The standard InChI is InChI=1S/C19H26N4O5S/c1-3-27-16-8-6-14(7-9-16)19-21-18(28-22-19)11-10-17(24)20-15-5-4-12-23(13-15)29(2,25)26/h6-9,15H,3-5,10-13H2,1-2H3,(H,20,24). The van der Waals surface area contributed by atoms with Crippen LogP contribution in [0.4, 0.5) is 0 Å². The van der Waals surface area contributed by atoms with Crippen molar-refractivity contribution in [3.8, 4) is 17.1 Å². The van der Waals surface area contributed by atoms with Crippen molar-refractivity contribution in [2.75, 3.05) is 26.0 Å². The van der Waals surface area contributed by atoms with Crippen LogP contribution in [-0.4, -0.2) is 60.8 Å². The lowest BCUT2D eigenvalue weighted by Crippen LogP contribution is -2.49. The van der Waals surface area contributed by atoms with Gasteiger partial charge in [0.15, 0.2) is 0 Å². The van der Waals surface area contributed by atoms with Crippen molar-refractivity contribution in [2.45, 2.75) is 38.6 Å². The summed E-state index contributed by atoms with van der Waals surface area (Å²) in [6.07, 6.45) is 3.20. The molecule has 3 rings (SSSR count). The molecule has 2 heterocycles. The number of piperidine rings is 1. The third-order valence-corrected chi connectivity index (χ3v) is 5.95. The highest BCUT2D eigenvalue weighted by Crippen LogP contribution is 2.20. The molecule has 1 amide bonds. The quantitative estimate of drug-likeness (QED) is 0.687. The third-order valence-electron chi connectivity index (χ3n) is 4.68. The van der Waals surface area contributed by atoms with Crippen LogP contribution in [0.3, 0.4) is 0 Å². The summed E-state index contributed by atoms with van der Waals surface area (Å²) in [5.41, 5.74) is 0.802. The molecule has 1 aromatic heterocycles. The molecule has 1 aliphatic rings. The molecule has 1 saturated heterocycles. The Morgan fingerprint density at radius 3 is 2.79 bits per heavy atom. The van der Waals surface area contributed by atoms with Crippen molar-refractivity contribution in [2.24, 2.45) is 0 Å². The molecule has 10 heteroatoms. The van der Waals surface area contributed by atoms with Crippen LogP contribution in [0.2, 0.25) is 0 Å². The molecular formula is C19H26N4O5S. The molecule has 1 aliphatic heterocycles. The molecule has 1 unspecified atom stereocenters. The second kappa shape index (κ2) is 9.36. The zero-order valence-corrected chi connectivity index (χ0v) is 17.4. The van der Waals surface area contributed by atoms with Crippen molar-refractivity contribution in [1.82, 2.24) is 19.8 Å². The second-order valence-electron chi connectivity index (χ2n) is 7.00. The first-order valence-electron chi connectivity index (χ1n) is 9.65. The number of sulfonamides is 1. The van der Waals surface area contributed by atoms with Gasteiger partial charge >= 0.3 is 0 Å². The smallest absolute Gasteiger partial charge is 0.227 e. The fourth-order valence-corrected chi connectivity index (χ4v) is 4.13. The third kappa shape index (κ3) is 6.01. The van der Waals surface area contributed by atoms with Gasteiger partial charge in [-0.1, -0.05) is 5.16 Å². The summed E-state index contributed by atoms with van der Waals surface area (Å²) >= 11 is 0. The minimum absolute atomic E-state index is 0.161. The van der Waals surface area contributed by atoms with Crippen LogP contribution in [0.25, 0.3) is 11.4 Å². The summed E-state index contributed by atoms with van der Waals surface area (Å²) in [5, 5.41) is 6.86. The van der Waals surface area contributed by atoms with Gasteiger partial charge in [0, 0.05) is 37.5 Å². The number of carbonyl (C=O) groups excluding carboxylic acids is 1. The Morgan fingerprint density at radius 2 is 2.10 bits per heavy atom. The van der Waals surface area contributed by atoms with E-state index in [0.29, 0.717) is 37.8 Å². The number of amides is 1. The molecule has 1 atom stereocenters. The molecule has 9 nitrogen and oxygen atoms in total. The Kier molecular flexibility index (Phi) is 6.86. The minimum Gasteiger partial charge on any atom is -0.494 e. The van der Waals surface area contributed by atoms with Crippen LogP contribution >= 0.6 is 0 Å². The van der Waals surface area contributed by atoms with E-state index in [1.807, 2.05) is 31.2 Å². The number of nitrogens with zero attached hydrogens (tertiary/aromatic N) is 3. The van der Waals surface area contributed by atoms with E-state index in [-0.39, 0.29) is 18.4 Å². The van der Waals surface area contributed by atoms with Crippen LogP contribution < -0.4 is 10.1 Å². The number of rotatable bonds is 8. The average molecular weight is 423 g/mol. The topological polar surface area (TPSA) is 115 Å². The van der Waals surface area contributed by atoms with Crippen molar-refractivity contribution in [1.29, 1.82) is 0 Å². The maximum Gasteiger partial charge on any atom is 0.227 e. The van der Waals surface area contributed by atoms with Gasteiger partial charge in [0.25, 0.3) is 0 Å². The highest BCUT2D eigenvalue weighted by atomic mass is 32.2.